The van der Waals surface area contributed by atoms with Crippen molar-refractivity contribution in [1.29, 1.82) is 0 Å². The van der Waals surface area contributed by atoms with E-state index in [0.717, 1.165) is 43.0 Å². The summed E-state index contributed by atoms with van der Waals surface area (Å²) in [5.41, 5.74) is 2.00. The normalized spacial score (nSPS) is 27.4. The van der Waals surface area contributed by atoms with E-state index in [-0.39, 0.29) is 17.5 Å². The zero-order valence-corrected chi connectivity index (χ0v) is 19.8. The van der Waals surface area contributed by atoms with Gasteiger partial charge in [0.15, 0.2) is 0 Å². The Kier molecular flexibility index (Phi) is 5.17. The number of hydrogen-bond acceptors (Lipinski definition) is 8. The van der Waals surface area contributed by atoms with Crippen molar-refractivity contribution in [2.45, 2.75) is 63.2 Å². The Balaban J connectivity index is 1.25. The fourth-order valence-electron chi connectivity index (χ4n) is 6.08. The second-order valence-electron chi connectivity index (χ2n) is 10.2. The number of pyridine rings is 1. The number of hydrogen-bond donors (Lipinski definition) is 3. The zero-order valence-electron chi connectivity index (χ0n) is 19.8. The summed E-state index contributed by atoms with van der Waals surface area (Å²) in [6.07, 6.45) is 12.2. The first-order valence-electron chi connectivity index (χ1n) is 12.4. The van der Waals surface area contributed by atoms with Crippen molar-refractivity contribution >= 4 is 35.3 Å². The molecule has 9 nitrogen and oxygen atoms in total. The van der Waals surface area contributed by atoms with Crippen LogP contribution in [-0.4, -0.2) is 64.2 Å². The Morgan fingerprint density at radius 1 is 1.09 bits per heavy atom. The first kappa shape index (κ1) is 21.3. The highest BCUT2D eigenvalue weighted by Crippen LogP contribution is 2.43. The molecule has 6 rings (SSSR count). The molecule has 2 aromatic heterocycles. The standard InChI is InChI=1S/C25H32N8O/c1-16-13-32(14-17(2)29-16)19-6-8-21(26-12-19)30-24-27-11-18-5-7-20-23(34)28-15-25(9-3-4-10-25)33(20)22(18)31-24/h5-8,11-12,16-17,20,29H,3-4,9-10,13-15H2,1-2H3,(H,28,34)(H,26,27,30,31)/t16-,17+,20?. The Morgan fingerprint density at radius 2 is 1.88 bits per heavy atom. The summed E-state index contributed by atoms with van der Waals surface area (Å²) < 4.78 is 0. The molecule has 1 saturated carbocycles. The van der Waals surface area contributed by atoms with Gasteiger partial charge in [0, 0.05) is 43.5 Å². The molecule has 178 valence electrons. The van der Waals surface area contributed by atoms with Gasteiger partial charge in [0.2, 0.25) is 11.9 Å². The lowest BCUT2D eigenvalue weighted by Crippen LogP contribution is -2.67. The minimum absolute atomic E-state index is 0.0429. The van der Waals surface area contributed by atoms with E-state index in [2.05, 4.69) is 55.6 Å². The third-order valence-electron chi connectivity index (χ3n) is 7.58. The Hall–Kier alpha value is -3.20. The third-order valence-corrected chi connectivity index (χ3v) is 7.58. The number of amides is 1. The van der Waals surface area contributed by atoms with E-state index >= 15 is 0 Å². The lowest BCUT2D eigenvalue weighted by atomic mass is 9.87. The molecule has 1 amide bonds. The van der Waals surface area contributed by atoms with E-state index in [1.165, 1.54) is 12.8 Å². The van der Waals surface area contributed by atoms with Gasteiger partial charge in [-0.2, -0.15) is 4.98 Å². The van der Waals surface area contributed by atoms with Gasteiger partial charge in [-0.15, -0.1) is 0 Å². The van der Waals surface area contributed by atoms with E-state index in [1.54, 1.807) is 0 Å². The number of carbonyl (C=O) groups is 1. The van der Waals surface area contributed by atoms with Gasteiger partial charge >= 0.3 is 0 Å². The van der Waals surface area contributed by atoms with Gasteiger partial charge < -0.3 is 25.8 Å². The van der Waals surface area contributed by atoms with Crippen LogP contribution in [0.3, 0.4) is 0 Å². The van der Waals surface area contributed by atoms with Crippen molar-refractivity contribution in [3.63, 3.8) is 0 Å². The average molecular weight is 461 g/mol. The molecule has 3 aliphatic heterocycles. The van der Waals surface area contributed by atoms with Crippen LogP contribution in [0.25, 0.3) is 6.08 Å². The summed E-state index contributed by atoms with van der Waals surface area (Å²) in [6, 6.07) is 4.65. The highest BCUT2D eigenvalue weighted by Gasteiger charge is 2.50. The highest BCUT2D eigenvalue weighted by molar-refractivity contribution is 5.93. The van der Waals surface area contributed by atoms with Crippen LogP contribution >= 0.6 is 0 Å². The molecule has 1 aliphatic carbocycles. The summed E-state index contributed by atoms with van der Waals surface area (Å²) in [4.78, 5) is 31.4. The molecule has 9 heteroatoms. The van der Waals surface area contributed by atoms with Crippen molar-refractivity contribution in [3.8, 4) is 0 Å². The molecule has 1 unspecified atom stereocenters. The molecule has 2 saturated heterocycles. The molecule has 0 aromatic carbocycles. The van der Waals surface area contributed by atoms with Crippen LogP contribution in [0.5, 0.6) is 0 Å². The predicted molar refractivity (Wildman–Crippen MR) is 133 cm³/mol. The van der Waals surface area contributed by atoms with Gasteiger partial charge in [0.05, 0.1) is 17.4 Å². The van der Waals surface area contributed by atoms with Crippen molar-refractivity contribution in [1.82, 2.24) is 25.6 Å². The Labute approximate surface area is 200 Å². The van der Waals surface area contributed by atoms with Gasteiger partial charge in [-0.05, 0) is 38.8 Å². The maximum Gasteiger partial charge on any atom is 0.246 e. The fourth-order valence-corrected chi connectivity index (χ4v) is 6.08. The molecular formula is C25H32N8O. The minimum atomic E-state index is -0.316. The smallest absolute Gasteiger partial charge is 0.246 e. The number of carbonyl (C=O) groups excluding carboxylic acids is 1. The molecular weight excluding hydrogens is 428 g/mol. The molecule has 3 atom stereocenters. The van der Waals surface area contributed by atoms with Crippen molar-refractivity contribution < 1.29 is 4.79 Å². The topological polar surface area (TPSA) is 98.3 Å². The van der Waals surface area contributed by atoms with E-state index in [1.807, 2.05) is 30.6 Å². The fraction of sp³-hybridized carbons (Fsp3) is 0.520. The second-order valence-corrected chi connectivity index (χ2v) is 10.2. The van der Waals surface area contributed by atoms with Crippen molar-refractivity contribution in [2.75, 3.05) is 34.8 Å². The van der Waals surface area contributed by atoms with Crippen molar-refractivity contribution in [3.05, 3.63) is 36.2 Å². The summed E-state index contributed by atoms with van der Waals surface area (Å²) in [5.74, 6) is 2.08. The SMILES string of the molecule is C[C@@H]1CN(c2ccc(Nc3ncc4c(n3)N3C(C=C4)C(=O)NCC34CCCC4)nc2)C[C@H](C)N1. The van der Waals surface area contributed by atoms with Gasteiger partial charge in [0.25, 0.3) is 0 Å². The highest BCUT2D eigenvalue weighted by atomic mass is 16.2. The number of fused-ring (bicyclic) bond motifs is 4. The lowest BCUT2D eigenvalue weighted by Gasteiger charge is -2.50. The third kappa shape index (κ3) is 3.68. The number of aromatic nitrogens is 3. The van der Waals surface area contributed by atoms with E-state index < -0.39 is 0 Å². The first-order valence-corrected chi connectivity index (χ1v) is 12.4. The summed E-state index contributed by atoms with van der Waals surface area (Å²) in [7, 11) is 0. The molecule has 2 aromatic rings. The van der Waals surface area contributed by atoms with Crippen LogP contribution in [0, 0.1) is 0 Å². The number of nitrogens with zero attached hydrogens (tertiary/aromatic N) is 5. The molecule has 1 spiro atoms. The Morgan fingerprint density at radius 3 is 2.62 bits per heavy atom. The molecule has 3 N–H and O–H groups in total. The molecule has 3 fully saturated rings. The van der Waals surface area contributed by atoms with Crippen LogP contribution in [0.1, 0.15) is 45.1 Å². The van der Waals surface area contributed by atoms with Crippen LogP contribution in [0.15, 0.2) is 30.6 Å². The zero-order chi connectivity index (χ0) is 23.3. The van der Waals surface area contributed by atoms with Gasteiger partial charge in [-0.3, -0.25) is 4.79 Å². The molecule has 34 heavy (non-hydrogen) atoms. The maximum absolute atomic E-state index is 12.7. The summed E-state index contributed by atoms with van der Waals surface area (Å²) >= 11 is 0. The number of nitrogens with one attached hydrogen (secondary N) is 3. The average Bonchev–Trinajstić information content (AvgIpc) is 3.30. The van der Waals surface area contributed by atoms with E-state index in [9.17, 15) is 4.79 Å². The lowest BCUT2D eigenvalue weighted by molar-refractivity contribution is -0.123. The summed E-state index contributed by atoms with van der Waals surface area (Å²) in [6.45, 7) is 7.02. The predicted octanol–water partition coefficient (Wildman–Crippen LogP) is 2.45. The molecule has 5 heterocycles. The van der Waals surface area contributed by atoms with E-state index in [4.69, 9.17) is 4.98 Å². The van der Waals surface area contributed by atoms with Crippen LogP contribution < -0.4 is 25.8 Å². The molecule has 0 radical (unpaired) electrons. The second kappa shape index (κ2) is 8.23. The van der Waals surface area contributed by atoms with Crippen LogP contribution in [0.2, 0.25) is 0 Å². The quantitative estimate of drug-likeness (QED) is 0.643. The molecule has 4 aliphatic rings. The van der Waals surface area contributed by atoms with Crippen LogP contribution in [0.4, 0.5) is 23.3 Å². The van der Waals surface area contributed by atoms with Gasteiger partial charge in [-0.1, -0.05) is 25.0 Å². The monoisotopic (exact) mass is 460 g/mol. The van der Waals surface area contributed by atoms with Crippen molar-refractivity contribution in [2.24, 2.45) is 0 Å². The molecule has 0 bridgehead atoms. The summed E-state index contributed by atoms with van der Waals surface area (Å²) in [5, 5.41) is 9.96. The first-order chi connectivity index (χ1) is 16.5. The van der Waals surface area contributed by atoms with Gasteiger partial charge in [0.1, 0.15) is 17.7 Å². The number of anilines is 4. The Bertz CT molecular complexity index is 1100. The largest absolute Gasteiger partial charge is 0.367 e. The number of piperazine rings is 2. The number of rotatable bonds is 3. The maximum atomic E-state index is 12.7. The van der Waals surface area contributed by atoms with E-state index in [0.29, 0.717) is 30.4 Å². The van der Waals surface area contributed by atoms with Gasteiger partial charge in [-0.25, -0.2) is 9.97 Å². The van der Waals surface area contributed by atoms with Crippen LogP contribution in [-0.2, 0) is 4.79 Å². The minimum Gasteiger partial charge on any atom is -0.367 e.